The number of aliphatic imine (C=N–C) groups is 1. The van der Waals surface area contributed by atoms with Crippen molar-refractivity contribution in [2.75, 3.05) is 13.1 Å². The zero-order valence-electron chi connectivity index (χ0n) is 25.9. The van der Waals surface area contributed by atoms with Crippen LogP contribution in [-0.2, 0) is 21.5 Å². The molecule has 0 unspecified atom stereocenters. The van der Waals surface area contributed by atoms with Crippen molar-refractivity contribution in [1.82, 2.24) is 10.2 Å². The van der Waals surface area contributed by atoms with E-state index in [1.165, 1.54) is 16.5 Å². The van der Waals surface area contributed by atoms with Crippen LogP contribution in [0.3, 0.4) is 0 Å². The zero-order chi connectivity index (χ0) is 33.1. The van der Waals surface area contributed by atoms with Crippen LogP contribution in [-0.4, -0.2) is 53.5 Å². The topological polar surface area (TPSA) is 216 Å². The number of nitrogen functional groups attached to an aromatic ring is 1. The number of primary amides is 1. The van der Waals surface area contributed by atoms with E-state index >= 15 is 0 Å². The molecule has 3 amide bonds. The molecule has 0 aliphatic rings. The van der Waals surface area contributed by atoms with Gasteiger partial charge < -0.3 is 37.9 Å². The summed E-state index contributed by atoms with van der Waals surface area (Å²) in [4.78, 5) is 44.4. The normalized spacial score (nSPS) is 11.6. The van der Waals surface area contributed by atoms with Crippen molar-refractivity contribution in [3.05, 3.63) is 95.1 Å². The first-order chi connectivity index (χ1) is 21.2. The summed E-state index contributed by atoms with van der Waals surface area (Å²) in [7, 11) is 0. The summed E-state index contributed by atoms with van der Waals surface area (Å²) in [5, 5.41) is 10.3. The third-order valence-corrected chi connectivity index (χ3v) is 6.93. The molecular formula is C33H42N8O4. The highest BCUT2D eigenvalue weighted by atomic mass is 16.5. The quantitative estimate of drug-likeness (QED) is 0.0905. The van der Waals surface area contributed by atoms with Crippen LogP contribution in [0, 0.1) is 5.41 Å². The number of hydrogen-bond acceptors (Lipinski definition) is 6. The number of rotatable bonds is 14. The SMILES string of the molecule is CC(C)(C)c1ccc(Oc2cccc(CN(C(=O)c3cccc(C(=N)N)c3)[C@@H](CCCN=C(N)N)C(=O)NCC(N)=O)c2)cc1. The Balaban J connectivity index is 1.98. The lowest BCUT2D eigenvalue weighted by Crippen LogP contribution is -2.50. The van der Waals surface area contributed by atoms with E-state index in [0.717, 1.165) is 0 Å². The van der Waals surface area contributed by atoms with Crippen molar-refractivity contribution in [1.29, 1.82) is 5.41 Å². The van der Waals surface area contributed by atoms with E-state index in [4.69, 9.17) is 33.1 Å². The fourth-order valence-electron chi connectivity index (χ4n) is 4.59. The van der Waals surface area contributed by atoms with Crippen LogP contribution >= 0.6 is 0 Å². The summed E-state index contributed by atoms with van der Waals surface area (Å²) in [6.45, 7) is 6.25. The molecule has 0 aliphatic heterocycles. The molecule has 12 nitrogen and oxygen atoms in total. The lowest BCUT2D eigenvalue weighted by atomic mass is 9.87. The summed E-state index contributed by atoms with van der Waals surface area (Å²) in [5.41, 5.74) is 24.3. The molecule has 3 aromatic carbocycles. The molecule has 45 heavy (non-hydrogen) atoms. The van der Waals surface area contributed by atoms with Gasteiger partial charge in [0.1, 0.15) is 23.4 Å². The average molecular weight is 615 g/mol. The molecular weight excluding hydrogens is 572 g/mol. The predicted molar refractivity (Wildman–Crippen MR) is 175 cm³/mol. The van der Waals surface area contributed by atoms with Gasteiger partial charge >= 0.3 is 0 Å². The van der Waals surface area contributed by atoms with Gasteiger partial charge in [-0.15, -0.1) is 0 Å². The molecule has 0 bridgehead atoms. The van der Waals surface area contributed by atoms with Crippen molar-refractivity contribution >= 4 is 29.5 Å². The number of nitrogens with two attached hydrogens (primary N) is 4. The minimum Gasteiger partial charge on any atom is -0.457 e. The Morgan fingerprint density at radius 3 is 2.20 bits per heavy atom. The molecule has 238 valence electrons. The Bertz CT molecular complexity index is 1540. The second-order valence-electron chi connectivity index (χ2n) is 11.6. The van der Waals surface area contributed by atoms with E-state index in [-0.39, 0.29) is 42.3 Å². The van der Waals surface area contributed by atoms with Gasteiger partial charge in [0.2, 0.25) is 11.8 Å². The standard InChI is InChI=1S/C33H42N8O4/c1-33(2,3)24-12-14-25(15-13-24)45-26-10-4-7-21(17-26)20-41(31(44)23-9-5-8-22(18-23)29(35)36)27(11-6-16-39-32(37)38)30(43)40-19-28(34)42/h4-5,7-10,12-15,17-18,27H,6,11,16,19-20H2,1-3H3,(H2,34,42)(H3,35,36)(H,40,43)(H4,37,38,39)/t27-/m0/s1. The van der Waals surface area contributed by atoms with E-state index in [0.29, 0.717) is 29.0 Å². The van der Waals surface area contributed by atoms with E-state index in [1.807, 2.05) is 30.3 Å². The number of carbonyl (C=O) groups is 3. The van der Waals surface area contributed by atoms with Crippen LogP contribution in [0.25, 0.3) is 0 Å². The number of benzene rings is 3. The molecule has 0 radical (unpaired) electrons. The highest BCUT2D eigenvalue weighted by Gasteiger charge is 2.31. The van der Waals surface area contributed by atoms with Gasteiger partial charge in [0.15, 0.2) is 5.96 Å². The minimum absolute atomic E-state index is 0.00191. The molecule has 0 fully saturated rings. The van der Waals surface area contributed by atoms with Gasteiger partial charge in [-0.25, -0.2) is 0 Å². The lowest BCUT2D eigenvalue weighted by Gasteiger charge is -2.31. The second-order valence-corrected chi connectivity index (χ2v) is 11.6. The van der Waals surface area contributed by atoms with Crippen LogP contribution < -0.4 is 33.0 Å². The zero-order valence-corrected chi connectivity index (χ0v) is 25.9. The van der Waals surface area contributed by atoms with Crippen LogP contribution in [0.1, 0.15) is 60.7 Å². The van der Waals surface area contributed by atoms with Crippen molar-refractivity contribution in [2.45, 2.75) is 51.6 Å². The molecule has 3 aromatic rings. The monoisotopic (exact) mass is 614 g/mol. The molecule has 0 aromatic heterocycles. The van der Waals surface area contributed by atoms with Gasteiger partial charge in [-0.3, -0.25) is 24.8 Å². The predicted octanol–water partition coefficient (Wildman–Crippen LogP) is 2.73. The van der Waals surface area contributed by atoms with Crippen molar-refractivity contribution in [3.8, 4) is 11.5 Å². The first-order valence-electron chi connectivity index (χ1n) is 14.5. The first kappa shape index (κ1) is 34.1. The highest BCUT2D eigenvalue weighted by Crippen LogP contribution is 2.28. The van der Waals surface area contributed by atoms with Crippen LogP contribution in [0.4, 0.5) is 0 Å². The maximum Gasteiger partial charge on any atom is 0.254 e. The summed E-state index contributed by atoms with van der Waals surface area (Å²) in [6.07, 6.45) is 0.535. The van der Waals surface area contributed by atoms with Gasteiger partial charge in [0.25, 0.3) is 5.91 Å². The van der Waals surface area contributed by atoms with Gasteiger partial charge in [0, 0.05) is 24.2 Å². The van der Waals surface area contributed by atoms with Crippen LogP contribution in [0.5, 0.6) is 11.5 Å². The minimum atomic E-state index is -1.03. The lowest BCUT2D eigenvalue weighted by molar-refractivity contribution is -0.128. The smallest absolute Gasteiger partial charge is 0.254 e. The molecule has 0 saturated carbocycles. The Morgan fingerprint density at radius 2 is 1.58 bits per heavy atom. The fraction of sp³-hybridized carbons (Fsp3) is 0.303. The molecule has 12 heteroatoms. The Hall–Kier alpha value is -5.39. The summed E-state index contributed by atoms with van der Waals surface area (Å²) in [6, 6.07) is 20.3. The first-order valence-corrected chi connectivity index (χ1v) is 14.5. The summed E-state index contributed by atoms with van der Waals surface area (Å²) >= 11 is 0. The van der Waals surface area contributed by atoms with E-state index in [9.17, 15) is 14.4 Å². The second kappa shape index (κ2) is 15.4. The number of amides is 3. The van der Waals surface area contributed by atoms with E-state index in [2.05, 4.69) is 31.1 Å². The maximum atomic E-state index is 14.1. The third kappa shape index (κ3) is 10.4. The highest BCUT2D eigenvalue weighted by molar-refractivity contribution is 6.01. The van der Waals surface area contributed by atoms with Gasteiger partial charge in [-0.05, 0) is 65.8 Å². The van der Waals surface area contributed by atoms with Crippen molar-refractivity contribution < 1.29 is 19.1 Å². The molecule has 0 aliphatic carbocycles. The molecule has 3 rings (SSSR count). The number of nitrogens with one attached hydrogen (secondary N) is 2. The number of nitrogens with zero attached hydrogens (tertiary/aromatic N) is 2. The van der Waals surface area contributed by atoms with Gasteiger partial charge in [-0.2, -0.15) is 0 Å². The number of amidine groups is 1. The largest absolute Gasteiger partial charge is 0.457 e. The molecule has 10 N–H and O–H groups in total. The summed E-state index contributed by atoms with van der Waals surface area (Å²) in [5.74, 6) is -0.880. The Labute approximate surface area is 263 Å². The molecule has 0 saturated heterocycles. The van der Waals surface area contributed by atoms with Crippen LogP contribution in [0.2, 0.25) is 0 Å². The van der Waals surface area contributed by atoms with Gasteiger partial charge in [-0.1, -0.05) is 57.2 Å². The summed E-state index contributed by atoms with van der Waals surface area (Å²) < 4.78 is 6.12. The van der Waals surface area contributed by atoms with E-state index < -0.39 is 30.3 Å². The maximum absolute atomic E-state index is 14.1. The number of guanidine groups is 1. The third-order valence-electron chi connectivity index (χ3n) is 6.93. The number of hydrogen-bond donors (Lipinski definition) is 6. The average Bonchev–Trinajstić information content (AvgIpc) is 2.98. The number of ether oxygens (including phenoxy) is 1. The Morgan fingerprint density at radius 1 is 0.911 bits per heavy atom. The van der Waals surface area contributed by atoms with E-state index in [1.54, 1.807) is 36.4 Å². The molecule has 1 atom stereocenters. The Kier molecular flexibility index (Phi) is 11.6. The molecule has 0 spiro atoms. The number of carbonyl (C=O) groups excluding carboxylic acids is 3. The fourth-order valence-corrected chi connectivity index (χ4v) is 4.59. The molecule has 0 heterocycles. The van der Waals surface area contributed by atoms with Crippen molar-refractivity contribution in [3.63, 3.8) is 0 Å². The van der Waals surface area contributed by atoms with Crippen LogP contribution in [0.15, 0.2) is 77.8 Å². The van der Waals surface area contributed by atoms with Crippen molar-refractivity contribution in [2.24, 2.45) is 27.9 Å². The van der Waals surface area contributed by atoms with Gasteiger partial charge in [0.05, 0.1) is 6.54 Å².